The molecule has 2 aromatic rings. The van der Waals surface area contributed by atoms with E-state index in [1.807, 2.05) is 6.21 Å². The molecule has 0 aliphatic carbocycles. The van der Waals surface area contributed by atoms with Crippen LogP contribution in [0.15, 0.2) is 52.6 Å². The summed E-state index contributed by atoms with van der Waals surface area (Å²) in [7, 11) is 0. The van der Waals surface area contributed by atoms with Crippen molar-refractivity contribution in [3.05, 3.63) is 64.7 Å². The van der Waals surface area contributed by atoms with Gasteiger partial charge < -0.3 is 0 Å². The van der Waals surface area contributed by atoms with Crippen molar-refractivity contribution >= 4 is 28.7 Å². The van der Waals surface area contributed by atoms with Crippen LogP contribution in [0, 0.1) is 6.92 Å². The monoisotopic (exact) mass is 307 g/mol. The lowest BCUT2D eigenvalue weighted by atomic mass is 10.0. The summed E-state index contributed by atoms with van der Waals surface area (Å²) in [4.78, 5) is 4.22. The second kappa shape index (κ2) is 4.99. The van der Waals surface area contributed by atoms with Gasteiger partial charge in [0.1, 0.15) is 5.04 Å². The number of hydrazone groups is 1. The summed E-state index contributed by atoms with van der Waals surface area (Å²) in [6, 6.07) is 15.0. The van der Waals surface area contributed by atoms with Crippen LogP contribution in [0.2, 0.25) is 0 Å². The molecule has 0 radical (unpaired) electrons. The molecule has 4 rings (SSSR count). The van der Waals surface area contributed by atoms with Gasteiger partial charge in [-0.2, -0.15) is 5.10 Å². The minimum Gasteiger partial charge on any atom is -0.283 e. The summed E-state index contributed by atoms with van der Waals surface area (Å²) in [5.74, 6) is 0. The van der Waals surface area contributed by atoms with Crippen LogP contribution < -0.4 is 5.43 Å². The number of hydrogen-bond donors (Lipinski definition) is 1. The maximum atomic E-state index is 4.57. The van der Waals surface area contributed by atoms with Crippen LogP contribution in [0.1, 0.15) is 29.2 Å². The average molecular weight is 307 g/mol. The van der Waals surface area contributed by atoms with Gasteiger partial charge in [0, 0.05) is 17.3 Å². The van der Waals surface area contributed by atoms with Crippen LogP contribution in [0.4, 0.5) is 5.69 Å². The first kappa shape index (κ1) is 13.6. The van der Waals surface area contributed by atoms with Crippen molar-refractivity contribution in [1.29, 1.82) is 0 Å². The van der Waals surface area contributed by atoms with Crippen LogP contribution in [-0.2, 0) is 11.3 Å². The molecule has 1 spiro atoms. The minimum atomic E-state index is -0.346. The highest BCUT2D eigenvalue weighted by Crippen LogP contribution is 2.47. The van der Waals surface area contributed by atoms with Crippen LogP contribution >= 0.6 is 11.8 Å². The zero-order chi connectivity index (χ0) is 15.2. The first-order valence-electron chi connectivity index (χ1n) is 7.50. The van der Waals surface area contributed by atoms with E-state index in [1.165, 1.54) is 16.7 Å². The number of nitrogens with one attached hydrogen (secondary N) is 1. The smallest absolute Gasteiger partial charge is 0.168 e. The summed E-state index contributed by atoms with van der Waals surface area (Å²) >= 11 is 1.73. The number of aliphatic imine (C=N–C) groups is 1. The Morgan fingerprint density at radius 2 is 1.95 bits per heavy atom. The third-order valence-corrected chi connectivity index (χ3v) is 5.39. The first-order chi connectivity index (χ1) is 10.7. The van der Waals surface area contributed by atoms with Gasteiger partial charge in [0.25, 0.3) is 0 Å². The van der Waals surface area contributed by atoms with Gasteiger partial charge in [-0.15, -0.1) is 0 Å². The average Bonchev–Trinajstić information content (AvgIpc) is 3.14. The van der Waals surface area contributed by atoms with Gasteiger partial charge in [-0.3, -0.25) is 10.4 Å². The lowest BCUT2D eigenvalue weighted by Crippen LogP contribution is -2.32. The number of hydrogen-bond acceptors (Lipinski definition) is 4. The fourth-order valence-electron chi connectivity index (χ4n) is 2.77. The molecule has 0 bridgehead atoms. The Bertz CT molecular complexity index is 792. The molecule has 0 fully saturated rings. The van der Waals surface area contributed by atoms with E-state index in [2.05, 4.69) is 71.8 Å². The molecule has 2 aliphatic heterocycles. The molecule has 22 heavy (non-hydrogen) atoms. The molecule has 1 atom stereocenters. The maximum absolute atomic E-state index is 4.57. The normalized spacial score (nSPS) is 21.8. The Morgan fingerprint density at radius 1 is 1.14 bits per heavy atom. The van der Waals surface area contributed by atoms with E-state index >= 15 is 0 Å². The summed E-state index contributed by atoms with van der Waals surface area (Å²) in [6.07, 6.45) is 3.01. The number of benzene rings is 2. The first-order valence-corrected chi connectivity index (χ1v) is 8.31. The van der Waals surface area contributed by atoms with Gasteiger partial charge in [0.15, 0.2) is 4.87 Å². The second-order valence-electron chi connectivity index (χ2n) is 5.70. The summed E-state index contributed by atoms with van der Waals surface area (Å²) < 4.78 is 0. The Kier molecular flexibility index (Phi) is 3.08. The molecule has 4 heteroatoms. The molecule has 2 aliphatic rings. The van der Waals surface area contributed by atoms with Crippen LogP contribution in [0.3, 0.4) is 0 Å². The number of nitrogens with zero attached hydrogens (tertiary/aromatic N) is 2. The van der Waals surface area contributed by atoms with Crippen molar-refractivity contribution in [2.75, 3.05) is 0 Å². The van der Waals surface area contributed by atoms with E-state index in [0.717, 1.165) is 22.7 Å². The molecule has 2 heterocycles. The lowest BCUT2D eigenvalue weighted by molar-refractivity contribution is 0.672. The molecular formula is C18H17N3S. The summed E-state index contributed by atoms with van der Waals surface area (Å²) in [6.45, 7) is 4.27. The van der Waals surface area contributed by atoms with E-state index < -0.39 is 0 Å². The Labute approximate surface area is 134 Å². The number of aryl methyl sites for hydroxylation is 2. The van der Waals surface area contributed by atoms with Gasteiger partial charge >= 0.3 is 0 Å². The van der Waals surface area contributed by atoms with Gasteiger partial charge in [-0.1, -0.05) is 54.6 Å². The van der Waals surface area contributed by atoms with E-state index in [0.29, 0.717) is 0 Å². The van der Waals surface area contributed by atoms with E-state index in [4.69, 9.17) is 0 Å². The van der Waals surface area contributed by atoms with Gasteiger partial charge in [-0.05, 0) is 31.0 Å². The van der Waals surface area contributed by atoms with Crippen molar-refractivity contribution in [2.24, 2.45) is 10.1 Å². The van der Waals surface area contributed by atoms with Crippen molar-refractivity contribution < 1.29 is 0 Å². The molecule has 0 saturated heterocycles. The quantitative estimate of drug-likeness (QED) is 0.906. The minimum absolute atomic E-state index is 0.346. The Hall–Kier alpha value is -2.07. The topological polar surface area (TPSA) is 36.8 Å². The van der Waals surface area contributed by atoms with Crippen molar-refractivity contribution in [3.63, 3.8) is 0 Å². The fourth-order valence-corrected chi connectivity index (χ4v) is 3.89. The van der Waals surface area contributed by atoms with E-state index in [-0.39, 0.29) is 4.87 Å². The molecule has 0 saturated carbocycles. The van der Waals surface area contributed by atoms with Crippen molar-refractivity contribution in [2.45, 2.75) is 25.1 Å². The zero-order valence-corrected chi connectivity index (χ0v) is 13.4. The Morgan fingerprint density at radius 3 is 2.73 bits per heavy atom. The number of fused-ring (bicyclic) bond motifs is 2. The highest BCUT2D eigenvalue weighted by atomic mass is 32.2. The van der Waals surface area contributed by atoms with Gasteiger partial charge in [0.05, 0.1) is 5.69 Å². The molecule has 110 valence electrons. The molecule has 0 amide bonds. The van der Waals surface area contributed by atoms with Crippen molar-refractivity contribution in [1.82, 2.24) is 5.43 Å². The molecular weight excluding hydrogens is 290 g/mol. The molecule has 1 unspecified atom stereocenters. The highest BCUT2D eigenvalue weighted by Gasteiger charge is 2.42. The molecule has 1 N–H and O–H groups in total. The van der Waals surface area contributed by atoms with Crippen LogP contribution in [0.5, 0.6) is 0 Å². The lowest BCUT2D eigenvalue weighted by Gasteiger charge is -2.20. The number of rotatable bonds is 2. The second-order valence-corrected chi connectivity index (χ2v) is 6.93. The zero-order valence-electron chi connectivity index (χ0n) is 12.6. The van der Waals surface area contributed by atoms with E-state index in [1.54, 1.807) is 11.8 Å². The van der Waals surface area contributed by atoms with Gasteiger partial charge in [0.2, 0.25) is 0 Å². The molecule has 0 aromatic heterocycles. The fraction of sp³-hybridized carbons (Fsp3) is 0.222. The number of thioether (sulfide) groups is 1. The standard InChI is InChI=1S/C18H17N3S/c1-3-13-6-9-16-15(10-13)18(11-19-16)21-20-17(22-18)14-7-4-12(2)5-8-14/h4-11,21H,3H2,1-2H3. The summed E-state index contributed by atoms with van der Waals surface area (Å²) in [5.41, 5.74) is 9.29. The maximum Gasteiger partial charge on any atom is 0.168 e. The largest absolute Gasteiger partial charge is 0.283 e. The third kappa shape index (κ3) is 2.06. The summed E-state index contributed by atoms with van der Waals surface area (Å²) in [5, 5.41) is 5.58. The SMILES string of the molecule is CCc1ccc2c(c1)C1(C=N2)NN=C(c2ccc(C)cc2)S1. The molecule has 2 aromatic carbocycles. The molecule has 3 nitrogen and oxygen atoms in total. The predicted octanol–water partition coefficient (Wildman–Crippen LogP) is 4.12. The van der Waals surface area contributed by atoms with Crippen LogP contribution in [0.25, 0.3) is 0 Å². The van der Waals surface area contributed by atoms with E-state index in [9.17, 15) is 0 Å². The van der Waals surface area contributed by atoms with Gasteiger partial charge in [-0.25, -0.2) is 0 Å². The predicted molar refractivity (Wildman–Crippen MR) is 94.1 cm³/mol. The van der Waals surface area contributed by atoms with Crippen molar-refractivity contribution in [3.8, 4) is 0 Å². The Balaban J connectivity index is 1.68. The third-order valence-electron chi connectivity index (χ3n) is 4.13. The van der Waals surface area contributed by atoms with Crippen LogP contribution in [-0.4, -0.2) is 11.3 Å². The highest BCUT2D eigenvalue weighted by molar-refractivity contribution is 8.16.